The number of β-amino-alcohol motifs (C(OH)–C–C–N with tert-alkyl or cyclic N) is 1. The predicted octanol–water partition coefficient (Wildman–Crippen LogP) is 2.94. The predicted molar refractivity (Wildman–Crippen MR) is 141 cm³/mol. The fourth-order valence-corrected chi connectivity index (χ4v) is 5.24. The third-order valence-corrected chi connectivity index (χ3v) is 7.41. The van der Waals surface area contributed by atoms with Crippen LogP contribution in [0.25, 0.3) is 16.8 Å². The van der Waals surface area contributed by atoms with E-state index >= 15 is 0 Å². The summed E-state index contributed by atoms with van der Waals surface area (Å²) >= 11 is 0. The van der Waals surface area contributed by atoms with Gasteiger partial charge in [-0.25, -0.2) is 9.31 Å². The Bertz CT molecular complexity index is 1210. The molecule has 36 heavy (non-hydrogen) atoms. The van der Waals surface area contributed by atoms with Crippen molar-refractivity contribution in [3.05, 3.63) is 48.4 Å². The lowest BCUT2D eigenvalue weighted by molar-refractivity contribution is 0.0421. The van der Waals surface area contributed by atoms with Crippen molar-refractivity contribution in [3.63, 3.8) is 0 Å². The van der Waals surface area contributed by atoms with Gasteiger partial charge in [0.05, 0.1) is 16.9 Å². The molecule has 5 heterocycles. The number of amides is 2. The Morgan fingerprint density at radius 3 is 2.50 bits per heavy atom. The Labute approximate surface area is 212 Å². The van der Waals surface area contributed by atoms with Crippen LogP contribution in [0, 0.1) is 0 Å². The van der Waals surface area contributed by atoms with Gasteiger partial charge in [0.2, 0.25) is 0 Å². The van der Waals surface area contributed by atoms with Crippen LogP contribution >= 0.6 is 0 Å². The Hall–Kier alpha value is -3.17. The molecule has 192 valence electrons. The SMILES string of the molecule is CC(C)NC(=O)N1CCN(c2ccnn3cc(-c4ccc([C@]5(O)CCN(C(C)C)C5)cn4)cc23)CC1. The second-order valence-corrected chi connectivity index (χ2v) is 10.6. The average Bonchev–Trinajstić information content (AvgIpc) is 3.49. The van der Waals surface area contributed by atoms with Gasteiger partial charge in [-0.3, -0.25) is 9.88 Å². The fraction of sp³-hybridized carbons (Fsp3) is 0.519. The first-order valence-electron chi connectivity index (χ1n) is 12.9. The molecule has 5 rings (SSSR count). The Morgan fingerprint density at radius 1 is 1.08 bits per heavy atom. The van der Waals surface area contributed by atoms with Gasteiger partial charge in [-0.15, -0.1) is 0 Å². The summed E-state index contributed by atoms with van der Waals surface area (Å²) in [6.45, 7) is 12.7. The monoisotopic (exact) mass is 491 g/mol. The summed E-state index contributed by atoms with van der Waals surface area (Å²) in [7, 11) is 0. The smallest absolute Gasteiger partial charge is 0.317 e. The van der Waals surface area contributed by atoms with Gasteiger partial charge in [0.15, 0.2) is 0 Å². The van der Waals surface area contributed by atoms with Gasteiger partial charge >= 0.3 is 6.03 Å². The molecule has 2 saturated heterocycles. The highest BCUT2D eigenvalue weighted by Crippen LogP contribution is 2.34. The first-order valence-corrected chi connectivity index (χ1v) is 12.9. The maximum absolute atomic E-state index is 12.4. The van der Waals surface area contributed by atoms with Crippen LogP contribution in [0.4, 0.5) is 10.5 Å². The summed E-state index contributed by atoms with van der Waals surface area (Å²) in [6, 6.07) is 8.71. The topological polar surface area (TPSA) is 89.2 Å². The van der Waals surface area contributed by atoms with Crippen LogP contribution in [0.2, 0.25) is 0 Å². The number of piperazine rings is 1. The largest absolute Gasteiger partial charge is 0.384 e. The number of hydrogen-bond donors (Lipinski definition) is 2. The zero-order chi connectivity index (χ0) is 25.4. The lowest BCUT2D eigenvalue weighted by Crippen LogP contribution is -2.53. The molecule has 1 atom stereocenters. The molecule has 2 aliphatic rings. The first-order chi connectivity index (χ1) is 17.2. The Balaban J connectivity index is 1.32. The Morgan fingerprint density at radius 2 is 1.86 bits per heavy atom. The zero-order valence-electron chi connectivity index (χ0n) is 21.7. The van der Waals surface area contributed by atoms with Crippen molar-refractivity contribution in [2.45, 2.75) is 51.8 Å². The molecule has 0 aromatic carbocycles. The number of rotatable bonds is 5. The second kappa shape index (κ2) is 9.71. The van der Waals surface area contributed by atoms with E-state index in [0.29, 0.717) is 25.7 Å². The highest BCUT2D eigenvalue weighted by molar-refractivity contribution is 5.79. The molecule has 0 saturated carbocycles. The number of carbonyl (C=O) groups is 1. The summed E-state index contributed by atoms with van der Waals surface area (Å²) in [5, 5.41) is 18.7. The first kappa shape index (κ1) is 24.5. The van der Waals surface area contributed by atoms with Crippen LogP contribution < -0.4 is 10.2 Å². The van der Waals surface area contributed by atoms with Crippen LogP contribution in [0.15, 0.2) is 42.9 Å². The van der Waals surface area contributed by atoms with Gasteiger partial charge in [0, 0.05) is 81.1 Å². The van der Waals surface area contributed by atoms with Crippen molar-refractivity contribution >= 4 is 17.2 Å². The van der Waals surface area contributed by atoms with E-state index in [0.717, 1.165) is 54.1 Å². The molecule has 9 heteroatoms. The van der Waals surface area contributed by atoms with Gasteiger partial charge < -0.3 is 20.2 Å². The van der Waals surface area contributed by atoms with E-state index in [9.17, 15) is 9.90 Å². The third kappa shape index (κ3) is 4.77. The molecule has 0 radical (unpaired) electrons. The maximum atomic E-state index is 12.4. The standard InChI is InChI=1S/C27H37N7O2/c1-19(2)30-26(35)32-13-11-31(12-14-32)24-7-9-29-34-17-21(15-25(24)34)23-6-5-22(16-28-23)27(36)8-10-33(18-27)20(3)4/h5-7,9,15-17,19-20,36H,8,10-14,18H2,1-4H3,(H,30,35)/t27-/m0/s1. The molecule has 2 fully saturated rings. The fourth-order valence-electron chi connectivity index (χ4n) is 5.24. The summed E-state index contributed by atoms with van der Waals surface area (Å²) in [4.78, 5) is 23.6. The number of fused-ring (bicyclic) bond motifs is 1. The van der Waals surface area contributed by atoms with Crippen LogP contribution in [-0.4, -0.2) is 86.9 Å². The molecule has 0 aliphatic carbocycles. The van der Waals surface area contributed by atoms with Crippen molar-refractivity contribution in [2.24, 2.45) is 0 Å². The number of pyridine rings is 1. The number of carbonyl (C=O) groups excluding carboxylic acids is 1. The molecule has 3 aromatic rings. The lowest BCUT2D eigenvalue weighted by Gasteiger charge is -2.36. The van der Waals surface area contributed by atoms with Gasteiger partial charge in [0.1, 0.15) is 5.60 Å². The molecule has 0 spiro atoms. The number of nitrogens with zero attached hydrogens (tertiary/aromatic N) is 6. The third-order valence-electron chi connectivity index (χ3n) is 7.41. The van der Waals surface area contributed by atoms with E-state index in [1.807, 2.05) is 60.1 Å². The molecule has 3 aromatic heterocycles. The van der Waals surface area contributed by atoms with Crippen molar-refractivity contribution in [2.75, 3.05) is 44.2 Å². The average molecular weight is 492 g/mol. The Kier molecular flexibility index (Phi) is 6.61. The van der Waals surface area contributed by atoms with E-state index in [1.165, 1.54) is 0 Å². The van der Waals surface area contributed by atoms with Gasteiger partial charge in [-0.2, -0.15) is 5.10 Å². The van der Waals surface area contributed by atoms with Crippen LogP contribution in [0.5, 0.6) is 0 Å². The van der Waals surface area contributed by atoms with Gasteiger partial charge in [0.25, 0.3) is 0 Å². The van der Waals surface area contributed by atoms with Crippen LogP contribution in [0.3, 0.4) is 0 Å². The highest BCUT2D eigenvalue weighted by Gasteiger charge is 2.38. The molecular formula is C27H37N7O2. The summed E-state index contributed by atoms with van der Waals surface area (Å²) in [5.74, 6) is 0. The number of urea groups is 1. The number of aliphatic hydroxyl groups is 1. The minimum absolute atomic E-state index is 0.00296. The van der Waals surface area contributed by atoms with Crippen molar-refractivity contribution < 1.29 is 9.90 Å². The molecule has 0 unspecified atom stereocenters. The number of likely N-dealkylation sites (tertiary alicyclic amines) is 1. The van der Waals surface area contributed by atoms with Crippen LogP contribution in [-0.2, 0) is 5.60 Å². The molecule has 9 nitrogen and oxygen atoms in total. The molecule has 0 bridgehead atoms. The van der Waals surface area contributed by atoms with E-state index in [-0.39, 0.29) is 12.1 Å². The van der Waals surface area contributed by atoms with E-state index in [2.05, 4.69) is 40.1 Å². The molecule has 2 N–H and O–H groups in total. The summed E-state index contributed by atoms with van der Waals surface area (Å²) in [6.07, 6.45) is 6.35. The summed E-state index contributed by atoms with van der Waals surface area (Å²) < 4.78 is 1.89. The van der Waals surface area contributed by atoms with Crippen LogP contribution in [0.1, 0.15) is 39.7 Å². The maximum Gasteiger partial charge on any atom is 0.317 e. The number of nitrogens with one attached hydrogen (secondary N) is 1. The number of hydrogen-bond acceptors (Lipinski definition) is 6. The normalized spacial score (nSPS) is 21.2. The van der Waals surface area contributed by atoms with E-state index in [4.69, 9.17) is 4.98 Å². The van der Waals surface area contributed by atoms with Crippen molar-refractivity contribution in [1.29, 1.82) is 0 Å². The zero-order valence-corrected chi connectivity index (χ0v) is 21.7. The van der Waals surface area contributed by atoms with Crippen molar-refractivity contribution in [1.82, 2.24) is 29.7 Å². The molecule has 2 amide bonds. The summed E-state index contributed by atoms with van der Waals surface area (Å²) in [5.41, 5.74) is 3.98. The second-order valence-electron chi connectivity index (χ2n) is 10.6. The minimum Gasteiger partial charge on any atom is -0.384 e. The molecule has 2 aliphatic heterocycles. The molecular weight excluding hydrogens is 454 g/mol. The van der Waals surface area contributed by atoms with E-state index in [1.54, 1.807) is 0 Å². The number of aromatic nitrogens is 3. The van der Waals surface area contributed by atoms with Gasteiger partial charge in [-0.05, 0) is 52.3 Å². The minimum atomic E-state index is -0.843. The van der Waals surface area contributed by atoms with E-state index < -0.39 is 5.60 Å². The lowest BCUT2D eigenvalue weighted by atomic mass is 9.94. The highest BCUT2D eigenvalue weighted by atomic mass is 16.3. The quantitative estimate of drug-likeness (QED) is 0.571. The van der Waals surface area contributed by atoms with Crippen molar-refractivity contribution in [3.8, 4) is 11.3 Å². The number of anilines is 1. The van der Waals surface area contributed by atoms with Gasteiger partial charge in [-0.1, -0.05) is 6.07 Å².